The maximum atomic E-state index is 12.1. The zero-order chi connectivity index (χ0) is 13.1. The van der Waals surface area contributed by atoms with Crippen LogP contribution in [-0.2, 0) is 4.79 Å². The summed E-state index contributed by atoms with van der Waals surface area (Å²) in [7, 11) is 0. The number of carbonyl (C=O) groups is 2. The van der Waals surface area contributed by atoms with Gasteiger partial charge < -0.3 is 0 Å². The molecule has 0 N–H and O–H groups in total. The minimum Gasteiger partial charge on any atom is -0.299 e. The van der Waals surface area contributed by atoms with Gasteiger partial charge in [-0.25, -0.2) is 0 Å². The number of likely N-dealkylation sites (tertiary alicyclic amines) is 1. The first-order chi connectivity index (χ1) is 8.56. The minimum atomic E-state index is 0.0501. The second kappa shape index (κ2) is 5.76. The van der Waals surface area contributed by atoms with Gasteiger partial charge in [-0.1, -0.05) is 35.0 Å². The van der Waals surface area contributed by atoms with Crippen LogP contribution in [0.3, 0.4) is 0 Å². The fourth-order valence-corrected chi connectivity index (χ4v) is 2.59. The maximum Gasteiger partial charge on any atom is 0.176 e. The molecule has 0 amide bonds. The van der Waals surface area contributed by atoms with Crippen molar-refractivity contribution in [2.45, 2.75) is 13.3 Å². The third-order valence-electron chi connectivity index (χ3n) is 3.27. The lowest BCUT2D eigenvalue weighted by molar-refractivity contribution is -0.125. The largest absolute Gasteiger partial charge is 0.299 e. The number of piperidine rings is 1. The lowest BCUT2D eigenvalue weighted by Gasteiger charge is -2.29. The minimum absolute atomic E-state index is 0.0501. The molecular formula is C14H16BrNO2. The van der Waals surface area contributed by atoms with Crippen LogP contribution in [0.4, 0.5) is 0 Å². The Labute approximate surface area is 115 Å². The molecule has 1 unspecified atom stereocenters. The highest BCUT2D eigenvalue weighted by Gasteiger charge is 2.24. The molecule has 1 aliphatic rings. The Hall–Kier alpha value is -1.00. The number of Topliss-reactive ketones (excluding diaryl/α,β-unsaturated/α-hetero) is 2. The first-order valence-electron chi connectivity index (χ1n) is 6.10. The first kappa shape index (κ1) is 13.4. The van der Waals surface area contributed by atoms with Crippen molar-refractivity contribution >= 4 is 27.5 Å². The standard InChI is InChI=1S/C14H16BrNO2/c1-10-8-16(6-5-13(10)17)9-14(18)11-3-2-4-12(15)7-11/h2-4,7,10H,5-6,8-9H2,1H3. The van der Waals surface area contributed by atoms with Crippen molar-refractivity contribution in [3.63, 3.8) is 0 Å². The Morgan fingerprint density at radius 2 is 2.28 bits per heavy atom. The van der Waals surface area contributed by atoms with E-state index in [4.69, 9.17) is 0 Å². The topological polar surface area (TPSA) is 37.4 Å². The summed E-state index contributed by atoms with van der Waals surface area (Å²) >= 11 is 3.36. The molecule has 1 aromatic rings. The molecule has 2 rings (SSSR count). The van der Waals surface area contributed by atoms with Crippen molar-refractivity contribution in [1.82, 2.24) is 4.90 Å². The molecule has 0 spiro atoms. The normalized spacial score (nSPS) is 21.0. The van der Waals surface area contributed by atoms with Crippen molar-refractivity contribution in [2.24, 2.45) is 5.92 Å². The zero-order valence-electron chi connectivity index (χ0n) is 10.4. The third-order valence-corrected chi connectivity index (χ3v) is 3.76. The summed E-state index contributed by atoms with van der Waals surface area (Å²) in [5.41, 5.74) is 0.717. The Balaban J connectivity index is 1.98. The molecule has 1 aliphatic heterocycles. The molecule has 1 aromatic carbocycles. The van der Waals surface area contributed by atoms with Gasteiger partial charge in [-0.3, -0.25) is 14.5 Å². The monoisotopic (exact) mass is 309 g/mol. The lowest BCUT2D eigenvalue weighted by Crippen LogP contribution is -2.42. The van der Waals surface area contributed by atoms with Gasteiger partial charge in [0.15, 0.2) is 5.78 Å². The van der Waals surface area contributed by atoms with Gasteiger partial charge in [-0.15, -0.1) is 0 Å². The van der Waals surface area contributed by atoms with Crippen molar-refractivity contribution in [2.75, 3.05) is 19.6 Å². The van der Waals surface area contributed by atoms with Crippen LogP contribution in [0.1, 0.15) is 23.7 Å². The number of nitrogens with zero attached hydrogens (tertiary/aromatic N) is 1. The molecule has 18 heavy (non-hydrogen) atoms. The van der Waals surface area contributed by atoms with Crippen LogP contribution >= 0.6 is 15.9 Å². The number of ketones is 2. The average Bonchev–Trinajstić information content (AvgIpc) is 2.34. The van der Waals surface area contributed by atoms with Crippen molar-refractivity contribution < 1.29 is 9.59 Å². The predicted molar refractivity (Wildman–Crippen MR) is 73.7 cm³/mol. The van der Waals surface area contributed by atoms with Gasteiger partial charge in [0.05, 0.1) is 6.54 Å². The SMILES string of the molecule is CC1CN(CC(=O)c2cccc(Br)c2)CCC1=O. The van der Waals surface area contributed by atoms with Crippen molar-refractivity contribution in [3.05, 3.63) is 34.3 Å². The van der Waals surface area contributed by atoms with Crippen molar-refractivity contribution in [3.8, 4) is 0 Å². The Morgan fingerprint density at radius 3 is 2.94 bits per heavy atom. The number of hydrogen-bond donors (Lipinski definition) is 0. The molecule has 1 saturated heterocycles. The van der Waals surface area contributed by atoms with E-state index in [1.807, 2.05) is 31.2 Å². The number of hydrogen-bond acceptors (Lipinski definition) is 3. The van der Waals surface area contributed by atoms with Crippen LogP contribution in [0.5, 0.6) is 0 Å². The van der Waals surface area contributed by atoms with E-state index in [2.05, 4.69) is 20.8 Å². The summed E-state index contributed by atoms with van der Waals surface area (Å²) < 4.78 is 0.913. The Kier molecular flexibility index (Phi) is 4.30. The van der Waals surface area contributed by atoms with Gasteiger partial charge in [0.25, 0.3) is 0 Å². The van der Waals surface area contributed by atoms with E-state index >= 15 is 0 Å². The summed E-state index contributed by atoms with van der Waals surface area (Å²) in [4.78, 5) is 25.6. The summed E-state index contributed by atoms with van der Waals surface area (Å²) in [6.07, 6.45) is 0.562. The van der Waals surface area contributed by atoms with Crippen molar-refractivity contribution in [1.29, 1.82) is 0 Å². The van der Waals surface area contributed by atoms with Gasteiger partial charge in [0, 0.05) is 35.5 Å². The molecule has 4 heteroatoms. The molecular weight excluding hydrogens is 294 g/mol. The molecule has 0 radical (unpaired) electrons. The number of halogens is 1. The van der Waals surface area contributed by atoms with Gasteiger partial charge in [0.2, 0.25) is 0 Å². The summed E-state index contributed by atoms with van der Waals surface area (Å²) in [5, 5.41) is 0. The third kappa shape index (κ3) is 3.27. The van der Waals surface area contributed by atoms with Gasteiger partial charge in [-0.05, 0) is 12.1 Å². The smallest absolute Gasteiger partial charge is 0.176 e. The van der Waals surface area contributed by atoms with Crippen LogP contribution < -0.4 is 0 Å². The van der Waals surface area contributed by atoms with Crippen LogP contribution in [0.25, 0.3) is 0 Å². The number of rotatable bonds is 3. The molecule has 96 valence electrons. The van der Waals surface area contributed by atoms with E-state index in [1.54, 1.807) is 0 Å². The molecule has 1 heterocycles. The van der Waals surface area contributed by atoms with Crippen LogP contribution in [-0.4, -0.2) is 36.1 Å². The Bertz CT molecular complexity index is 473. The van der Waals surface area contributed by atoms with Gasteiger partial charge in [0.1, 0.15) is 5.78 Å². The van der Waals surface area contributed by atoms with Crippen LogP contribution in [0, 0.1) is 5.92 Å². The zero-order valence-corrected chi connectivity index (χ0v) is 11.9. The second-order valence-electron chi connectivity index (χ2n) is 4.79. The van der Waals surface area contributed by atoms with E-state index < -0.39 is 0 Å². The van der Waals surface area contributed by atoms with E-state index in [1.165, 1.54) is 0 Å². The van der Waals surface area contributed by atoms with E-state index in [9.17, 15) is 9.59 Å². The summed E-state index contributed by atoms with van der Waals surface area (Å²) in [6, 6.07) is 7.42. The number of benzene rings is 1. The van der Waals surface area contributed by atoms with Crippen LogP contribution in [0.15, 0.2) is 28.7 Å². The fourth-order valence-electron chi connectivity index (χ4n) is 2.20. The molecule has 0 aromatic heterocycles. The molecule has 1 fully saturated rings. The molecule has 3 nitrogen and oxygen atoms in total. The van der Waals surface area contributed by atoms with E-state index in [0.29, 0.717) is 37.4 Å². The summed E-state index contributed by atoms with van der Waals surface area (Å²) in [5.74, 6) is 0.466. The van der Waals surface area contributed by atoms with E-state index in [0.717, 1.165) is 4.47 Å². The second-order valence-corrected chi connectivity index (χ2v) is 5.70. The highest BCUT2D eigenvalue weighted by molar-refractivity contribution is 9.10. The summed E-state index contributed by atoms with van der Waals surface area (Å²) in [6.45, 7) is 3.72. The van der Waals surface area contributed by atoms with Gasteiger partial charge in [-0.2, -0.15) is 0 Å². The first-order valence-corrected chi connectivity index (χ1v) is 6.89. The maximum absolute atomic E-state index is 12.1. The highest BCUT2D eigenvalue weighted by Crippen LogP contribution is 2.15. The molecule has 0 bridgehead atoms. The highest BCUT2D eigenvalue weighted by atomic mass is 79.9. The van der Waals surface area contributed by atoms with E-state index in [-0.39, 0.29) is 11.7 Å². The Morgan fingerprint density at radius 1 is 1.50 bits per heavy atom. The molecule has 1 atom stereocenters. The predicted octanol–water partition coefficient (Wildman–Crippen LogP) is 2.54. The quantitative estimate of drug-likeness (QED) is 0.805. The number of carbonyl (C=O) groups excluding carboxylic acids is 2. The average molecular weight is 310 g/mol. The lowest BCUT2D eigenvalue weighted by atomic mass is 9.98. The fraction of sp³-hybridized carbons (Fsp3) is 0.429. The molecule has 0 aliphatic carbocycles. The van der Waals surface area contributed by atoms with Crippen LogP contribution in [0.2, 0.25) is 0 Å². The molecule has 0 saturated carbocycles. The van der Waals surface area contributed by atoms with Gasteiger partial charge >= 0.3 is 0 Å².